The van der Waals surface area contributed by atoms with Crippen molar-refractivity contribution in [2.75, 3.05) is 0 Å². The van der Waals surface area contributed by atoms with E-state index >= 15 is 0 Å². The van der Waals surface area contributed by atoms with Crippen LogP contribution in [0.5, 0.6) is 0 Å². The molecule has 1 aromatic rings. The monoisotopic (exact) mass is 190 g/mol. The lowest BCUT2D eigenvalue weighted by atomic mass is 10.1. The van der Waals surface area contributed by atoms with Crippen LogP contribution in [-0.2, 0) is 0 Å². The largest absolute Gasteiger partial charge is 0.380 e. The first-order chi connectivity index (χ1) is 6.74. The fraction of sp³-hybridized carbons (Fsp3) is 0.333. The Kier molecular flexibility index (Phi) is 4.18. The van der Waals surface area contributed by atoms with Gasteiger partial charge in [0.15, 0.2) is 0 Å². The van der Waals surface area contributed by atoms with Gasteiger partial charge in [-0.15, -0.1) is 0 Å². The van der Waals surface area contributed by atoms with Crippen LogP contribution in [0.2, 0.25) is 0 Å². The summed E-state index contributed by atoms with van der Waals surface area (Å²) in [6.45, 7) is 1.84. The average molecular weight is 190 g/mol. The van der Waals surface area contributed by atoms with E-state index in [1.165, 1.54) is 0 Å². The first-order valence-corrected chi connectivity index (χ1v) is 4.66. The van der Waals surface area contributed by atoms with Crippen LogP contribution >= 0.6 is 0 Å². The van der Waals surface area contributed by atoms with Gasteiger partial charge in [0.1, 0.15) is 12.2 Å². The molecule has 2 nitrogen and oxygen atoms in total. The Morgan fingerprint density at radius 2 is 1.79 bits per heavy atom. The second-order valence-corrected chi connectivity index (χ2v) is 3.03. The summed E-state index contributed by atoms with van der Waals surface area (Å²) < 4.78 is 0. The molecule has 0 aromatic heterocycles. The Morgan fingerprint density at radius 1 is 1.14 bits per heavy atom. The number of aliphatic hydroxyl groups excluding tert-OH is 2. The van der Waals surface area contributed by atoms with Crippen molar-refractivity contribution in [1.82, 2.24) is 0 Å². The van der Waals surface area contributed by atoms with E-state index in [1.54, 1.807) is 12.1 Å². The van der Waals surface area contributed by atoms with Crippen LogP contribution in [0.25, 0.3) is 0 Å². The second kappa shape index (κ2) is 5.43. The van der Waals surface area contributed by atoms with Crippen LogP contribution < -0.4 is 0 Å². The molecule has 0 spiro atoms. The van der Waals surface area contributed by atoms with Crippen LogP contribution in [0, 0.1) is 11.8 Å². The highest BCUT2D eigenvalue weighted by molar-refractivity contribution is 5.25. The minimum Gasteiger partial charge on any atom is -0.380 e. The van der Waals surface area contributed by atoms with Crippen molar-refractivity contribution in [2.24, 2.45) is 0 Å². The average Bonchev–Trinajstić information content (AvgIpc) is 2.26. The topological polar surface area (TPSA) is 40.5 Å². The molecule has 0 aliphatic carbocycles. The standard InChI is InChI=1S/C12H14O2/c1-2-11(13)8-9-12(14)10-6-4-3-5-7-10/h3-7,11-14H,2H2,1H3/t11-,12+/m1/s1. The molecule has 74 valence electrons. The lowest BCUT2D eigenvalue weighted by Crippen LogP contribution is -2.01. The van der Waals surface area contributed by atoms with Crippen molar-refractivity contribution >= 4 is 0 Å². The molecule has 0 fully saturated rings. The van der Waals surface area contributed by atoms with Crippen molar-refractivity contribution < 1.29 is 10.2 Å². The number of benzene rings is 1. The Morgan fingerprint density at radius 3 is 2.36 bits per heavy atom. The molecular formula is C12H14O2. The van der Waals surface area contributed by atoms with Gasteiger partial charge in [-0.05, 0) is 12.0 Å². The van der Waals surface area contributed by atoms with Crippen molar-refractivity contribution in [3.8, 4) is 11.8 Å². The molecule has 0 radical (unpaired) electrons. The Labute approximate surface area is 84.2 Å². The first-order valence-electron chi connectivity index (χ1n) is 4.66. The molecule has 0 bridgehead atoms. The smallest absolute Gasteiger partial charge is 0.140 e. The number of hydrogen-bond donors (Lipinski definition) is 2. The molecule has 2 atom stereocenters. The van der Waals surface area contributed by atoms with Gasteiger partial charge in [-0.1, -0.05) is 49.1 Å². The Hall–Kier alpha value is -1.30. The predicted octanol–water partition coefficient (Wildman–Crippen LogP) is 1.49. The van der Waals surface area contributed by atoms with Gasteiger partial charge in [0, 0.05) is 0 Å². The molecule has 0 heterocycles. The van der Waals surface area contributed by atoms with E-state index in [2.05, 4.69) is 11.8 Å². The summed E-state index contributed by atoms with van der Waals surface area (Å²) in [6.07, 6.45) is -0.875. The maximum Gasteiger partial charge on any atom is 0.140 e. The van der Waals surface area contributed by atoms with Gasteiger partial charge < -0.3 is 10.2 Å². The van der Waals surface area contributed by atoms with Crippen molar-refractivity contribution in [3.63, 3.8) is 0 Å². The molecular weight excluding hydrogens is 176 g/mol. The highest BCUT2D eigenvalue weighted by Gasteiger charge is 2.01. The number of hydrogen-bond acceptors (Lipinski definition) is 2. The summed E-state index contributed by atoms with van der Waals surface area (Å²) in [5.41, 5.74) is 0.753. The molecule has 0 aliphatic heterocycles. The van der Waals surface area contributed by atoms with E-state index in [-0.39, 0.29) is 0 Å². The summed E-state index contributed by atoms with van der Waals surface area (Å²) in [5, 5.41) is 18.7. The summed E-state index contributed by atoms with van der Waals surface area (Å²) >= 11 is 0. The minimum atomic E-state index is -0.808. The summed E-state index contributed by atoms with van der Waals surface area (Å²) in [7, 11) is 0. The maximum absolute atomic E-state index is 9.58. The van der Waals surface area contributed by atoms with E-state index in [1.807, 2.05) is 25.1 Å². The van der Waals surface area contributed by atoms with Crippen LogP contribution in [0.15, 0.2) is 30.3 Å². The maximum atomic E-state index is 9.58. The van der Waals surface area contributed by atoms with Crippen molar-refractivity contribution in [2.45, 2.75) is 25.6 Å². The SMILES string of the molecule is CC[C@@H](O)C#C[C@H](O)c1ccccc1. The van der Waals surface area contributed by atoms with E-state index in [4.69, 9.17) is 5.11 Å². The summed E-state index contributed by atoms with van der Waals surface area (Å²) in [6, 6.07) is 9.17. The van der Waals surface area contributed by atoms with E-state index in [9.17, 15) is 5.11 Å². The summed E-state index contributed by atoms with van der Waals surface area (Å²) in [4.78, 5) is 0. The lowest BCUT2D eigenvalue weighted by Gasteiger charge is -2.02. The van der Waals surface area contributed by atoms with Gasteiger partial charge in [-0.3, -0.25) is 0 Å². The zero-order valence-corrected chi connectivity index (χ0v) is 8.14. The van der Waals surface area contributed by atoms with Crippen molar-refractivity contribution in [1.29, 1.82) is 0 Å². The lowest BCUT2D eigenvalue weighted by molar-refractivity contribution is 0.221. The van der Waals surface area contributed by atoms with Gasteiger partial charge in [0.25, 0.3) is 0 Å². The fourth-order valence-corrected chi connectivity index (χ4v) is 0.996. The van der Waals surface area contributed by atoms with Crippen LogP contribution in [0.4, 0.5) is 0 Å². The van der Waals surface area contributed by atoms with Crippen LogP contribution in [0.3, 0.4) is 0 Å². The van der Waals surface area contributed by atoms with Gasteiger partial charge in [-0.2, -0.15) is 0 Å². The van der Waals surface area contributed by atoms with Crippen LogP contribution in [0.1, 0.15) is 25.0 Å². The number of rotatable bonds is 2. The van der Waals surface area contributed by atoms with Crippen LogP contribution in [-0.4, -0.2) is 16.3 Å². The Bertz CT molecular complexity index is 321. The third-order valence-corrected chi connectivity index (χ3v) is 1.89. The molecule has 0 unspecified atom stereocenters. The molecule has 2 heteroatoms. The van der Waals surface area contributed by atoms with E-state index < -0.39 is 12.2 Å². The predicted molar refractivity (Wildman–Crippen MR) is 55.5 cm³/mol. The highest BCUT2D eigenvalue weighted by atomic mass is 16.3. The normalized spacial score (nSPS) is 13.9. The fourth-order valence-electron chi connectivity index (χ4n) is 0.996. The van der Waals surface area contributed by atoms with Gasteiger partial charge in [-0.25, -0.2) is 0 Å². The molecule has 0 saturated carbocycles. The molecule has 1 rings (SSSR count). The minimum absolute atomic E-state index is 0.578. The Balaban J connectivity index is 2.66. The van der Waals surface area contributed by atoms with E-state index in [0.29, 0.717) is 6.42 Å². The molecule has 0 saturated heterocycles. The van der Waals surface area contributed by atoms with Gasteiger partial charge in [0.2, 0.25) is 0 Å². The summed E-state index contributed by atoms with van der Waals surface area (Å²) in [5.74, 6) is 5.19. The molecule has 2 N–H and O–H groups in total. The van der Waals surface area contributed by atoms with Gasteiger partial charge >= 0.3 is 0 Å². The zero-order chi connectivity index (χ0) is 10.4. The van der Waals surface area contributed by atoms with E-state index in [0.717, 1.165) is 5.56 Å². The number of aliphatic hydroxyl groups is 2. The first kappa shape index (κ1) is 10.8. The zero-order valence-electron chi connectivity index (χ0n) is 8.14. The molecule has 0 aliphatic rings. The molecule has 1 aromatic carbocycles. The molecule has 0 amide bonds. The molecule has 14 heavy (non-hydrogen) atoms. The highest BCUT2D eigenvalue weighted by Crippen LogP contribution is 2.10. The second-order valence-electron chi connectivity index (χ2n) is 3.03. The van der Waals surface area contributed by atoms with Gasteiger partial charge in [0.05, 0.1) is 0 Å². The third kappa shape index (κ3) is 3.21. The quantitative estimate of drug-likeness (QED) is 0.694. The van der Waals surface area contributed by atoms with Crippen molar-refractivity contribution in [3.05, 3.63) is 35.9 Å². The third-order valence-electron chi connectivity index (χ3n) is 1.89.